The van der Waals surface area contributed by atoms with E-state index in [-0.39, 0.29) is 17.9 Å². The number of nitrogens with zero attached hydrogens (tertiary/aromatic N) is 5. The van der Waals surface area contributed by atoms with Gasteiger partial charge in [0.1, 0.15) is 0 Å². The van der Waals surface area contributed by atoms with Crippen LogP contribution in [0.1, 0.15) is 44.8 Å². The molecule has 3 heterocycles. The summed E-state index contributed by atoms with van der Waals surface area (Å²) >= 11 is 0. The van der Waals surface area contributed by atoms with Crippen molar-refractivity contribution in [2.24, 2.45) is 0 Å². The van der Waals surface area contributed by atoms with Crippen molar-refractivity contribution in [1.29, 1.82) is 0 Å². The molecule has 2 fully saturated rings. The predicted octanol–water partition coefficient (Wildman–Crippen LogP) is 0.235. The first-order chi connectivity index (χ1) is 13.3. The van der Waals surface area contributed by atoms with Crippen LogP contribution in [0.3, 0.4) is 0 Å². The molecular formula is C17H29N5O5S. The van der Waals surface area contributed by atoms with E-state index in [1.165, 1.54) is 15.5 Å². The van der Waals surface area contributed by atoms with Crippen LogP contribution in [-0.2, 0) is 26.2 Å². The highest BCUT2D eigenvalue weighted by Gasteiger charge is 2.38. The molecule has 1 amide bonds. The van der Waals surface area contributed by atoms with Crippen LogP contribution in [0.15, 0.2) is 4.52 Å². The average Bonchev–Trinajstić information content (AvgIpc) is 3.32. The van der Waals surface area contributed by atoms with Crippen molar-refractivity contribution in [3.8, 4) is 0 Å². The molecule has 0 aromatic carbocycles. The van der Waals surface area contributed by atoms with E-state index in [4.69, 9.17) is 9.26 Å². The van der Waals surface area contributed by atoms with Crippen LogP contribution in [0, 0.1) is 0 Å². The number of amides is 1. The molecule has 2 aliphatic rings. The second-order valence-corrected chi connectivity index (χ2v) is 9.41. The smallest absolute Gasteiger partial charge is 0.282 e. The van der Waals surface area contributed by atoms with Gasteiger partial charge < -0.3 is 14.2 Å². The van der Waals surface area contributed by atoms with Gasteiger partial charge in [-0.3, -0.25) is 4.79 Å². The van der Waals surface area contributed by atoms with Gasteiger partial charge in [0.05, 0.1) is 13.2 Å². The van der Waals surface area contributed by atoms with Crippen LogP contribution in [0.2, 0.25) is 0 Å². The Kier molecular flexibility index (Phi) is 6.69. The summed E-state index contributed by atoms with van der Waals surface area (Å²) < 4.78 is 39.0. The van der Waals surface area contributed by atoms with Crippen molar-refractivity contribution in [2.45, 2.75) is 45.6 Å². The third-order valence-corrected chi connectivity index (χ3v) is 7.15. The molecule has 0 saturated carbocycles. The zero-order chi connectivity index (χ0) is 20.3. The molecule has 10 nitrogen and oxygen atoms in total. The van der Waals surface area contributed by atoms with E-state index >= 15 is 0 Å². The first kappa shape index (κ1) is 21.2. The van der Waals surface area contributed by atoms with Crippen LogP contribution in [-0.4, -0.2) is 90.0 Å². The quantitative estimate of drug-likeness (QED) is 0.627. The predicted molar refractivity (Wildman–Crippen MR) is 101 cm³/mol. The Morgan fingerprint density at radius 1 is 1.25 bits per heavy atom. The van der Waals surface area contributed by atoms with Crippen molar-refractivity contribution in [2.75, 3.05) is 45.9 Å². The van der Waals surface area contributed by atoms with Crippen molar-refractivity contribution >= 4 is 16.1 Å². The van der Waals surface area contributed by atoms with Gasteiger partial charge in [-0.15, -0.1) is 0 Å². The number of carbonyl (C=O) groups excluding carboxylic acids is 1. The minimum absolute atomic E-state index is 0.0804. The van der Waals surface area contributed by atoms with Gasteiger partial charge in [-0.25, -0.2) is 0 Å². The lowest BCUT2D eigenvalue weighted by atomic mass is 10.2. The maximum Gasteiger partial charge on any atom is 0.282 e. The number of ether oxygens (including phenoxy) is 1. The lowest BCUT2D eigenvalue weighted by Gasteiger charge is -2.31. The molecule has 1 aromatic rings. The first-order valence-electron chi connectivity index (χ1n) is 9.71. The Hall–Kier alpha value is -1.56. The van der Waals surface area contributed by atoms with E-state index in [0.717, 1.165) is 0 Å². The number of rotatable bonds is 7. The highest BCUT2D eigenvalue weighted by atomic mass is 32.2. The number of hydrogen-bond acceptors (Lipinski definition) is 7. The largest absolute Gasteiger partial charge is 0.379 e. The maximum atomic E-state index is 12.8. The highest BCUT2D eigenvalue weighted by Crippen LogP contribution is 2.22. The number of morpholine rings is 1. The van der Waals surface area contributed by atoms with Gasteiger partial charge in [-0.05, 0) is 6.42 Å². The maximum absolute atomic E-state index is 12.8. The standard InChI is InChI=1S/C17H29N5O5S/c1-13(2)17-18-16(19-27-17)5-7-22(14(3)23)15-4-6-21(12-15)28(24,25)20-8-10-26-11-9-20/h13,15H,4-12H2,1-3H3/t15-/m0/s1. The molecular weight excluding hydrogens is 386 g/mol. The monoisotopic (exact) mass is 415 g/mol. The normalized spacial score (nSPS) is 22.1. The fourth-order valence-electron chi connectivity index (χ4n) is 3.54. The zero-order valence-electron chi connectivity index (χ0n) is 16.7. The van der Waals surface area contributed by atoms with E-state index in [9.17, 15) is 13.2 Å². The van der Waals surface area contributed by atoms with Crippen LogP contribution in [0.4, 0.5) is 0 Å². The van der Waals surface area contributed by atoms with Crippen molar-refractivity contribution < 1.29 is 22.5 Å². The Bertz CT molecular complexity index is 775. The summed E-state index contributed by atoms with van der Waals surface area (Å²) in [5.74, 6) is 1.21. The molecule has 11 heteroatoms. The number of hydrogen-bond donors (Lipinski definition) is 0. The summed E-state index contributed by atoms with van der Waals surface area (Å²) in [6.07, 6.45) is 1.09. The summed E-state index contributed by atoms with van der Waals surface area (Å²) in [6, 6.07) is -0.148. The highest BCUT2D eigenvalue weighted by molar-refractivity contribution is 7.86. The molecule has 0 unspecified atom stereocenters. The van der Waals surface area contributed by atoms with Crippen LogP contribution in [0.5, 0.6) is 0 Å². The molecule has 2 saturated heterocycles. The van der Waals surface area contributed by atoms with Gasteiger partial charge >= 0.3 is 0 Å². The van der Waals surface area contributed by atoms with Gasteiger partial charge in [-0.1, -0.05) is 19.0 Å². The number of aromatic nitrogens is 2. The minimum atomic E-state index is -3.52. The van der Waals surface area contributed by atoms with Crippen molar-refractivity contribution in [3.05, 3.63) is 11.7 Å². The molecule has 1 atom stereocenters. The van der Waals surface area contributed by atoms with Crippen molar-refractivity contribution in [1.82, 2.24) is 23.7 Å². The average molecular weight is 416 g/mol. The van der Waals surface area contributed by atoms with Gasteiger partial charge in [-0.2, -0.15) is 22.0 Å². The summed E-state index contributed by atoms with van der Waals surface area (Å²) in [4.78, 5) is 18.3. The topological polar surface area (TPSA) is 109 Å². The van der Waals surface area contributed by atoms with E-state index < -0.39 is 10.2 Å². The van der Waals surface area contributed by atoms with Gasteiger partial charge in [0, 0.05) is 58.0 Å². The van der Waals surface area contributed by atoms with E-state index in [2.05, 4.69) is 10.1 Å². The minimum Gasteiger partial charge on any atom is -0.379 e. The van der Waals surface area contributed by atoms with Gasteiger partial charge in [0.25, 0.3) is 10.2 Å². The molecule has 0 spiro atoms. The fraction of sp³-hybridized carbons (Fsp3) is 0.824. The summed E-state index contributed by atoms with van der Waals surface area (Å²) in [6.45, 7) is 8.18. The lowest BCUT2D eigenvalue weighted by Crippen LogP contribution is -2.49. The molecule has 158 valence electrons. The van der Waals surface area contributed by atoms with E-state index in [1.807, 2.05) is 13.8 Å². The summed E-state index contributed by atoms with van der Waals surface area (Å²) in [7, 11) is -3.52. The van der Waals surface area contributed by atoms with E-state index in [0.29, 0.717) is 70.5 Å². The lowest BCUT2D eigenvalue weighted by molar-refractivity contribution is -0.130. The molecule has 0 N–H and O–H groups in total. The van der Waals surface area contributed by atoms with Gasteiger partial charge in [0.2, 0.25) is 11.8 Å². The molecule has 1 aromatic heterocycles. The second-order valence-electron chi connectivity index (χ2n) is 7.49. The van der Waals surface area contributed by atoms with Crippen LogP contribution in [0.25, 0.3) is 0 Å². The number of carbonyl (C=O) groups is 1. The van der Waals surface area contributed by atoms with Gasteiger partial charge in [0.15, 0.2) is 5.82 Å². The zero-order valence-corrected chi connectivity index (χ0v) is 17.5. The van der Waals surface area contributed by atoms with Crippen molar-refractivity contribution in [3.63, 3.8) is 0 Å². The summed E-state index contributed by atoms with van der Waals surface area (Å²) in [5, 5.41) is 3.96. The Morgan fingerprint density at radius 2 is 1.96 bits per heavy atom. The van der Waals surface area contributed by atoms with E-state index in [1.54, 1.807) is 4.90 Å². The molecule has 28 heavy (non-hydrogen) atoms. The Labute approximate surface area is 166 Å². The third kappa shape index (κ3) is 4.70. The molecule has 2 aliphatic heterocycles. The van der Waals surface area contributed by atoms with Crippen LogP contribution >= 0.6 is 0 Å². The molecule has 0 bridgehead atoms. The third-order valence-electron chi connectivity index (χ3n) is 5.15. The fourth-order valence-corrected chi connectivity index (χ4v) is 5.17. The molecule has 3 rings (SSSR count). The summed E-state index contributed by atoms with van der Waals surface area (Å²) in [5.41, 5.74) is 0. The Balaban J connectivity index is 1.60. The molecule has 0 radical (unpaired) electrons. The Morgan fingerprint density at radius 3 is 2.57 bits per heavy atom. The first-order valence-corrected chi connectivity index (χ1v) is 11.1. The second kappa shape index (κ2) is 8.85. The SMILES string of the molecule is CC(=O)N(CCc1noc(C(C)C)n1)[C@H]1CCN(S(=O)(=O)N2CCOCC2)C1. The molecule has 0 aliphatic carbocycles. The van der Waals surface area contributed by atoms with Crippen LogP contribution < -0.4 is 0 Å².